The molecule has 2 rings (SSSR count). The lowest BCUT2D eigenvalue weighted by molar-refractivity contribution is -0.126. The average Bonchev–Trinajstić information content (AvgIpc) is 2.81. The zero-order valence-corrected chi connectivity index (χ0v) is 12.3. The smallest absolute Gasteiger partial charge is 0.264 e. The lowest BCUT2D eigenvalue weighted by atomic mass is 10.1. The van der Waals surface area contributed by atoms with Crippen molar-refractivity contribution in [1.29, 1.82) is 5.26 Å². The highest BCUT2D eigenvalue weighted by Crippen LogP contribution is 2.21. The minimum Gasteiger partial charge on any atom is -0.496 e. The molecular formula is C17H20N2O2. The van der Waals surface area contributed by atoms with Crippen molar-refractivity contribution in [2.24, 2.45) is 0 Å². The molecule has 4 heteroatoms. The van der Waals surface area contributed by atoms with Crippen molar-refractivity contribution in [1.82, 2.24) is 4.90 Å². The molecule has 0 unspecified atom stereocenters. The van der Waals surface area contributed by atoms with Crippen LogP contribution in [0.1, 0.15) is 31.2 Å². The van der Waals surface area contributed by atoms with E-state index in [0.29, 0.717) is 5.75 Å². The number of ether oxygens (including phenoxy) is 1. The number of likely N-dealkylation sites (tertiary alicyclic amines) is 1. The molecule has 1 fully saturated rings. The summed E-state index contributed by atoms with van der Waals surface area (Å²) in [5.41, 5.74) is 0.918. The Kier molecular flexibility index (Phi) is 5.39. The third kappa shape index (κ3) is 3.85. The fourth-order valence-electron chi connectivity index (χ4n) is 2.53. The van der Waals surface area contributed by atoms with E-state index in [0.717, 1.165) is 44.3 Å². The Morgan fingerprint density at radius 2 is 1.90 bits per heavy atom. The van der Waals surface area contributed by atoms with Crippen LogP contribution in [-0.2, 0) is 4.79 Å². The van der Waals surface area contributed by atoms with E-state index in [1.165, 1.54) is 0 Å². The SMILES string of the molecule is COc1ccccc1/C=C(\C#N)C(=O)N1CCCCCC1. The molecule has 1 heterocycles. The van der Waals surface area contributed by atoms with Gasteiger partial charge in [0.05, 0.1) is 7.11 Å². The summed E-state index contributed by atoms with van der Waals surface area (Å²) in [5, 5.41) is 9.32. The monoisotopic (exact) mass is 284 g/mol. The van der Waals surface area contributed by atoms with Gasteiger partial charge >= 0.3 is 0 Å². The first-order valence-electron chi connectivity index (χ1n) is 7.30. The van der Waals surface area contributed by atoms with Crippen LogP contribution in [0.5, 0.6) is 5.75 Å². The van der Waals surface area contributed by atoms with Crippen molar-refractivity contribution in [3.05, 3.63) is 35.4 Å². The second kappa shape index (κ2) is 7.49. The van der Waals surface area contributed by atoms with Crippen LogP contribution in [0, 0.1) is 11.3 Å². The number of carbonyl (C=O) groups excluding carboxylic acids is 1. The standard InChI is InChI=1S/C17H20N2O2/c1-21-16-9-5-4-8-14(16)12-15(13-18)17(20)19-10-6-2-3-7-11-19/h4-5,8-9,12H,2-3,6-7,10-11H2,1H3/b15-12+. The predicted molar refractivity (Wildman–Crippen MR) is 81.6 cm³/mol. The quantitative estimate of drug-likeness (QED) is 0.633. The number of methoxy groups -OCH3 is 1. The van der Waals surface area contributed by atoms with Gasteiger partial charge in [-0.05, 0) is 25.0 Å². The summed E-state index contributed by atoms with van der Waals surface area (Å²) in [7, 11) is 1.58. The van der Waals surface area contributed by atoms with Crippen LogP contribution in [0.2, 0.25) is 0 Å². The van der Waals surface area contributed by atoms with Gasteiger partial charge in [-0.2, -0.15) is 5.26 Å². The lowest BCUT2D eigenvalue weighted by Gasteiger charge is -2.19. The summed E-state index contributed by atoms with van der Waals surface area (Å²) in [6, 6.07) is 9.41. The Hall–Kier alpha value is -2.28. The molecule has 1 saturated heterocycles. The molecule has 0 spiro atoms. The number of hydrogen-bond donors (Lipinski definition) is 0. The van der Waals surface area contributed by atoms with Gasteiger partial charge in [0.1, 0.15) is 17.4 Å². The van der Waals surface area contributed by atoms with Crippen molar-refractivity contribution < 1.29 is 9.53 Å². The summed E-state index contributed by atoms with van der Waals surface area (Å²) < 4.78 is 5.26. The average molecular weight is 284 g/mol. The van der Waals surface area contributed by atoms with Gasteiger partial charge in [0, 0.05) is 18.7 Å². The minimum absolute atomic E-state index is 0.168. The van der Waals surface area contributed by atoms with Crippen molar-refractivity contribution in [2.75, 3.05) is 20.2 Å². The largest absolute Gasteiger partial charge is 0.496 e. The van der Waals surface area contributed by atoms with E-state index in [1.54, 1.807) is 18.1 Å². The molecule has 4 nitrogen and oxygen atoms in total. The zero-order valence-electron chi connectivity index (χ0n) is 12.3. The first-order valence-corrected chi connectivity index (χ1v) is 7.30. The molecule has 0 aromatic heterocycles. The first-order chi connectivity index (χ1) is 10.3. The summed E-state index contributed by atoms with van der Waals surface area (Å²) in [6.07, 6.45) is 5.95. The van der Waals surface area contributed by atoms with Gasteiger partial charge in [0.25, 0.3) is 5.91 Å². The Morgan fingerprint density at radius 1 is 1.24 bits per heavy atom. The van der Waals surface area contributed by atoms with Crippen LogP contribution in [0.15, 0.2) is 29.8 Å². The number of rotatable bonds is 3. The molecular weight excluding hydrogens is 264 g/mol. The van der Waals surface area contributed by atoms with Crippen LogP contribution in [-0.4, -0.2) is 31.0 Å². The van der Waals surface area contributed by atoms with Crippen LogP contribution in [0.25, 0.3) is 6.08 Å². The Bertz CT molecular complexity index is 564. The minimum atomic E-state index is -0.176. The van der Waals surface area contributed by atoms with Crippen molar-refractivity contribution in [3.63, 3.8) is 0 Å². The maximum absolute atomic E-state index is 12.5. The molecule has 1 aliphatic heterocycles. The molecule has 0 atom stereocenters. The number of nitrogens with zero attached hydrogens (tertiary/aromatic N) is 2. The van der Waals surface area contributed by atoms with Crippen molar-refractivity contribution >= 4 is 12.0 Å². The number of carbonyl (C=O) groups is 1. The normalized spacial score (nSPS) is 16.0. The van der Waals surface area contributed by atoms with Crippen LogP contribution in [0.4, 0.5) is 0 Å². The topological polar surface area (TPSA) is 53.3 Å². The second-order valence-electron chi connectivity index (χ2n) is 5.12. The van der Waals surface area contributed by atoms with E-state index in [-0.39, 0.29) is 11.5 Å². The molecule has 1 aliphatic rings. The molecule has 0 radical (unpaired) electrons. The summed E-state index contributed by atoms with van der Waals surface area (Å²) in [6.45, 7) is 1.48. The highest BCUT2D eigenvalue weighted by atomic mass is 16.5. The van der Waals surface area contributed by atoms with Gasteiger partial charge in [0.2, 0.25) is 0 Å². The van der Waals surface area contributed by atoms with E-state index >= 15 is 0 Å². The van der Waals surface area contributed by atoms with Gasteiger partial charge < -0.3 is 9.64 Å². The summed E-state index contributed by atoms with van der Waals surface area (Å²) in [5.74, 6) is 0.485. The van der Waals surface area contributed by atoms with Gasteiger partial charge in [-0.15, -0.1) is 0 Å². The summed E-state index contributed by atoms with van der Waals surface area (Å²) >= 11 is 0. The van der Waals surface area contributed by atoms with Crippen LogP contribution in [0.3, 0.4) is 0 Å². The maximum atomic E-state index is 12.5. The van der Waals surface area contributed by atoms with Crippen LogP contribution >= 0.6 is 0 Å². The molecule has 1 aromatic carbocycles. The fraction of sp³-hybridized carbons (Fsp3) is 0.412. The van der Waals surface area contributed by atoms with Gasteiger partial charge in [0.15, 0.2) is 0 Å². The van der Waals surface area contributed by atoms with Gasteiger partial charge in [-0.25, -0.2) is 0 Å². The number of benzene rings is 1. The molecule has 0 aliphatic carbocycles. The van der Waals surface area contributed by atoms with Crippen molar-refractivity contribution in [3.8, 4) is 11.8 Å². The molecule has 0 N–H and O–H groups in total. The van der Waals surface area contributed by atoms with Gasteiger partial charge in [-0.3, -0.25) is 4.79 Å². The Balaban J connectivity index is 2.24. The molecule has 1 aromatic rings. The maximum Gasteiger partial charge on any atom is 0.264 e. The van der Waals surface area contributed by atoms with Gasteiger partial charge in [-0.1, -0.05) is 31.0 Å². The number of amides is 1. The number of hydrogen-bond acceptors (Lipinski definition) is 3. The molecule has 0 saturated carbocycles. The highest BCUT2D eigenvalue weighted by molar-refractivity contribution is 6.02. The third-order valence-electron chi connectivity index (χ3n) is 3.68. The van der Waals surface area contributed by atoms with Crippen molar-refractivity contribution in [2.45, 2.75) is 25.7 Å². The highest BCUT2D eigenvalue weighted by Gasteiger charge is 2.19. The van der Waals surface area contributed by atoms with E-state index < -0.39 is 0 Å². The lowest BCUT2D eigenvalue weighted by Crippen LogP contribution is -2.32. The third-order valence-corrected chi connectivity index (χ3v) is 3.68. The second-order valence-corrected chi connectivity index (χ2v) is 5.12. The zero-order chi connectivity index (χ0) is 15.1. The van der Waals surface area contributed by atoms with E-state index in [4.69, 9.17) is 4.74 Å². The molecule has 1 amide bonds. The Labute approximate surface area is 125 Å². The van der Waals surface area contributed by atoms with Crippen LogP contribution < -0.4 is 4.74 Å². The number of para-hydroxylation sites is 1. The van der Waals surface area contributed by atoms with E-state index in [1.807, 2.05) is 30.3 Å². The van der Waals surface area contributed by atoms with E-state index in [2.05, 4.69) is 0 Å². The fourth-order valence-corrected chi connectivity index (χ4v) is 2.53. The number of nitriles is 1. The Morgan fingerprint density at radius 3 is 2.52 bits per heavy atom. The van der Waals surface area contributed by atoms with E-state index in [9.17, 15) is 10.1 Å². The first kappa shape index (κ1) is 15.1. The predicted octanol–water partition coefficient (Wildman–Crippen LogP) is 3.00. The molecule has 21 heavy (non-hydrogen) atoms. The summed E-state index contributed by atoms with van der Waals surface area (Å²) in [4.78, 5) is 14.3. The molecule has 110 valence electrons. The molecule has 0 bridgehead atoms.